The van der Waals surface area contributed by atoms with Crippen LogP contribution in [0.15, 0.2) is 24.3 Å². The molecule has 0 spiro atoms. The molecule has 0 heterocycles. The van der Waals surface area contributed by atoms with Crippen LogP contribution in [0.3, 0.4) is 0 Å². The fourth-order valence-electron chi connectivity index (χ4n) is 1.80. The number of benzene rings is 1. The van der Waals surface area contributed by atoms with E-state index in [4.69, 9.17) is 5.11 Å². The monoisotopic (exact) mass is 235 g/mol. The molecular formula is C14H21NO2. The molecule has 0 aliphatic carbocycles. The molecule has 0 saturated heterocycles. The van der Waals surface area contributed by atoms with Gasteiger partial charge in [0.25, 0.3) is 5.91 Å². The Hall–Kier alpha value is -1.35. The lowest BCUT2D eigenvalue weighted by molar-refractivity contribution is 0.0526. The second kappa shape index (κ2) is 5.32. The van der Waals surface area contributed by atoms with Crippen molar-refractivity contribution >= 4 is 5.91 Å². The minimum atomic E-state index is -0.290. The Bertz CT molecular complexity index is 393. The van der Waals surface area contributed by atoms with Crippen LogP contribution in [0, 0.1) is 6.92 Å². The topological polar surface area (TPSA) is 40.5 Å². The average Bonchev–Trinajstić information content (AvgIpc) is 2.24. The first-order valence-corrected chi connectivity index (χ1v) is 5.86. The third-order valence-corrected chi connectivity index (χ3v) is 2.75. The van der Waals surface area contributed by atoms with Gasteiger partial charge in [-0.2, -0.15) is 0 Å². The molecule has 0 aromatic heterocycles. The number of aliphatic hydroxyl groups excluding tert-OH is 1. The number of aryl methyl sites for hydroxylation is 1. The van der Waals surface area contributed by atoms with Crippen molar-refractivity contribution in [3.05, 3.63) is 35.4 Å². The Balaban J connectivity index is 3.05. The van der Waals surface area contributed by atoms with Crippen molar-refractivity contribution in [2.45, 2.75) is 33.2 Å². The van der Waals surface area contributed by atoms with E-state index < -0.39 is 0 Å². The first-order chi connectivity index (χ1) is 7.88. The van der Waals surface area contributed by atoms with Gasteiger partial charge in [-0.3, -0.25) is 4.79 Å². The van der Waals surface area contributed by atoms with E-state index in [-0.39, 0.29) is 18.1 Å². The lowest BCUT2D eigenvalue weighted by atomic mass is 10.0. The lowest BCUT2D eigenvalue weighted by Crippen LogP contribution is -2.47. The zero-order chi connectivity index (χ0) is 13.1. The molecule has 1 N–H and O–H groups in total. The van der Waals surface area contributed by atoms with E-state index in [1.165, 1.54) is 0 Å². The Morgan fingerprint density at radius 2 is 1.88 bits per heavy atom. The van der Waals surface area contributed by atoms with Crippen LogP contribution >= 0.6 is 0 Å². The highest BCUT2D eigenvalue weighted by atomic mass is 16.3. The van der Waals surface area contributed by atoms with Crippen LogP contribution in [0.4, 0.5) is 0 Å². The predicted molar refractivity (Wildman–Crippen MR) is 69.1 cm³/mol. The summed E-state index contributed by atoms with van der Waals surface area (Å²) in [4.78, 5) is 14.1. The summed E-state index contributed by atoms with van der Waals surface area (Å²) < 4.78 is 0. The SMILES string of the molecule is Cc1ccccc1C(=O)N(CCO)C(C)(C)C. The molecule has 0 aliphatic rings. The first kappa shape index (κ1) is 13.7. The van der Waals surface area contributed by atoms with Gasteiger partial charge in [-0.05, 0) is 39.3 Å². The van der Waals surface area contributed by atoms with E-state index in [1.807, 2.05) is 52.0 Å². The molecular weight excluding hydrogens is 214 g/mol. The van der Waals surface area contributed by atoms with E-state index in [9.17, 15) is 4.79 Å². The Labute approximate surface area is 103 Å². The maximum atomic E-state index is 12.4. The van der Waals surface area contributed by atoms with Crippen molar-refractivity contribution in [1.29, 1.82) is 0 Å². The number of aliphatic hydroxyl groups is 1. The van der Waals surface area contributed by atoms with Crippen molar-refractivity contribution < 1.29 is 9.90 Å². The van der Waals surface area contributed by atoms with Gasteiger partial charge in [0.1, 0.15) is 0 Å². The molecule has 0 radical (unpaired) electrons. The highest BCUT2D eigenvalue weighted by molar-refractivity contribution is 5.96. The number of β-amino-alcohol motifs (C(OH)–C–C–N with tert-alkyl or cyclic N) is 1. The Kier molecular flexibility index (Phi) is 4.29. The summed E-state index contributed by atoms with van der Waals surface area (Å²) in [6.07, 6.45) is 0. The standard InChI is InChI=1S/C14H21NO2/c1-11-7-5-6-8-12(11)13(17)15(9-10-16)14(2,3)4/h5-8,16H,9-10H2,1-4H3. The molecule has 0 atom stereocenters. The van der Waals surface area contributed by atoms with Crippen LogP contribution in [-0.2, 0) is 0 Å². The zero-order valence-corrected chi connectivity index (χ0v) is 11.0. The number of amides is 1. The largest absolute Gasteiger partial charge is 0.395 e. The molecule has 0 bridgehead atoms. The van der Waals surface area contributed by atoms with E-state index in [0.29, 0.717) is 12.1 Å². The molecule has 0 saturated carbocycles. The smallest absolute Gasteiger partial charge is 0.254 e. The van der Waals surface area contributed by atoms with Gasteiger partial charge in [-0.15, -0.1) is 0 Å². The number of carbonyl (C=O) groups is 1. The number of carbonyl (C=O) groups excluding carboxylic acids is 1. The molecule has 0 fully saturated rings. The summed E-state index contributed by atoms with van der Waals surface area (Å²) in [6.45, 7) is 8.18. The van der Waals surface area contributed by atoms with Crippen molar-refractivity contribution in [3.8, 4) is 0 Å². The van der Waals surface area contributed by atoms with Crippen LogP contribution in [0.5, 0.6) is 0 Å². The molecule has 3 nitrogen and oxygen atoms in total. The van der Waals surface area contributed by atoms with Gasteiger partial charge < -0.3 is 10.0 Å². The third kappa shape index (κ3) is 3.30. The number of hydrogen-bond donors (Lipinski definition) is 1. The normalized spacial score (nSPS) is 11.4. The minimum absolute atomic E-state index is 0.0190. The fraction of sp³-hybridized carbons (Fsp3) is 0.500. The fourth-order valence-corrected chi connectivity index (χ4v) is 1.80. The van der Waals surface area contributed by atoms with Crippen molar-refractivity contribution in [3.63, 3.8) is 0 Å². The van der Waals surface area contributed by atoms with Crippen LogP contribution in [0.2, 0.25) is 0 Å². The van der Waals surface area contributed by atoms with E-state index in [1.54, 1.807) is 4.90 Å². The van der Waals surface area contributed by atoms with Gasteiger partial charge in [0.15, 0.2) is 0 Å². The second-order valence-electron chi connectivity index (χ2n) is 5.17. The summed E-state index contributed by atoms with van der Waals surface area (Å²) in [5.41, 5.74) is 1.38. The van der Waals surface area contributed by atoms with Gasteiger partial charge in [-0.1, -0.05) is 18.2 Å². The van der Waals surface area contributed by atoms with Crippen LogP contribution in [0.25, 0.3) is 0 Å². The quantitative estimate of drug-likeness (QED) is 0.872. The molecule has 1 aromatic rings. The van der Waals surface area contributed by atoms with Gasteiger partial charge in [0, 0.05) is 17.6 Å². The molecule has 94 valence electrons. The molecule has 3 heteroatoms. The maximum Gasteiger partial charge on any atom is 0.254 e. The zero-order valence-electron chi connectivity index (χ0n) is 11.0. The van der Waals surface area contributed by atoms with Gasteiger partial charge in [0.2, 0.25) is 0 Å². The second-order valence-corrected chi connectivity index (χ2v) is 5.17. The van der Waals surface area contributed by atoms with Gasteiger partial charge in [-0.25, -0.2) is 0 Å². The third-order valence-electron chi connectivity index (χ3n) is 2.75. The van der Waals surface area contributed by atoms with Crippen molar-refractivity contribution in [2.24, 2.45) is 0 Å². The first-order valence-electron chi connectivity index (χ1n) is 5.86. The highest BCUT2D eigenvalue weighted by Crippen LogP contribution is 2.18. The molecule has 1 aromatic carbocycles. The van der Waals surface area contributed by atoms with Crippen LogP contribution in [0.1, 0.15) is 36.7 Å². The molecule has 0 aliphatic heterocycles. The molecule has 1 rings (SSSR count). The molecule has 17 heavy (non-hydrogen) atoms. The number of hydrogen-bond acceptors (Lipinski definition) is 2. The Morgan fingerprint density at radius 3 is 2.35 bits per heavy atom. The number of nitrogens with zero attached hydrogens (tertiary/aromatic N) is 1. The summed E-state index contributed by atoms with van der Waals surface area (Å²) in [5, 5.41) is 9.07. The summed E-state index contributed by atoms with van der Waals surface area (Å²) in [6, 6.07) is 7.53. The highest BCUT2D eigenvalue weighted by Gasteiger charge is 2.27. The minimum Gasteiger partial charge on any atom is -0.395 e. The number of rotatable bonds is 3. The molecule has 1 amide bonds. The van der Waals surface area contributed by atoms with E-state index >= 15 is 0 Å². The summed E-state index contributed by atoms with van der Waals surface area (Å²) in [5.74, 6) is -0.0235. The van der Waals surface area contributed by atoms with Gasteiger partial charge >= 0.3 is 0 Å². The summed E-state index contributed by atoms with van der Waals surface area (Å²) >= 11 is 0. The summed E-state index contributed by atoms with van der Waals surface area (Å²) in [7, 11) is 0. The van der Waals surface area contributed by atoms with Crippen LogP contribution in [-0.4, -0.2) is 34.6 Å². The van der Waals surface area contributed by atoms with Gasteiger partial charge in [0.05, 0.1) is 6.61 Å². The van der Waals surface area contributed by atoms with E-state index in [2.05, 4.69) is 0 Å². The average molecular weight is 235 g/mol. The van der Waals surface area contributed by atoms with Crippen LogP contribution < -0.4 is 0 Å². The van der Waals surface area contributed by atoms with Crippen molar-refractivity contribution in [2.75, 3.05) is 13.2 Å². The lowest BCUT2D eigenvalue weighted by Gasteiger charge is -2.35. The molecule has 0 unspecified atom stereocenters. The Morgan fingerprint density at radius 1 is 1.29 bits per heavy atom. The van der Waals surface area contributed by atoms with E-state index in [0.717, 1.165) is 5.56 Å². The maximum absolute atomic E-state index is 12.4. The van der Waals surface area contributed by atoms with Crippen molar-refractivity contribution in [1.82, 2.24) is 4.90 Å². The predicted octanol–water partition coefficient (Wildman–Crippen LogP) is 2.23.